The minimum absolute atomic E-state index is 1.21. The lowest BCUT2D eigenvalue weighted by Gasteiger charge is -2.22. The molecule has 0 aliphatic rings. The molecule has 0 bridgehead atoms. The second-order valence-electron chi connectivity index (χ2n) is 13.5. The predicted molar refractivity (Wildman–Crippen MR) is 204 cm³/mol. The quantitative estimate of drug-likeness (QED) is 0.119. The summed E-state index contributed by atoms with van der Waals surface area (Å²) >= 11 is 0. The van der Waals surface area contributed by atoms with Gasteiger partial charge in [-0.15, -0.1) is 0 Å². The van der Waals surface area contributed by atoms with Crippen LogP contribution in [0.15, 0.2) is 109 Å². The number of fused-ring (bicyclic) bond motifs is 12. The highest BCUT2D eigenvalue weighted by Gasteiger charge is 2.18. The van der Waals surface area contributed by atoms with Gasteiger partial charge in [0.05, 0.1) is 66.2 Å². The van der Waals surface area contributed by atoms with E-state index in [4.69, 9.17) is 0 Å². The Morgan fingerprint density at radius 3 is 0.521 bits per heavy atom. The van der Waals surface area contributed by atoms with Crippen LogP contribution in [0.4, 0.5) is 0 Å². The van der Waals surface area contributed by atoms with Crippen molar-refractivity contribution in [3.05, 3.63) is 109 Å². The Labute approximate surface area is 276 Å². The number of benzene rings is 7. The van der Waals surface area contributed by atoms with E-state index in [0.717, 1.165) is 0 Å². The van der Waals surface area contributed by atoms with Crippen molar-refractivity contribution in [3.63, 3.8) is 0 Å². The minimum atomic E-state index is 1.21. The monoisotopic (exact) mass is 624 g/mol. The van der Waals surface area contributed by atoms with Gasteiger partial charge in [0, 0.05) is 42.3 Å². The molecule has 0 aliphatic heterocycles. The molecule has 10 rings (SSSR count). The molecule has 6 nitrogen and oxygen atoms in total. The van der Waals surface area contributed by atoms with E-state index in [1.807, 2.05) is 0 Å². The van der Waals surface area contributed by atoms with E-state index in [9.17, 15) is 0 Å². The lowest BCUT2D eigenvalue weighted by atomic mass is 9.92. The fourth-order valence-electron chi connectivity index (χ4n) is 8.55. The smallest absolute Gasteiger partial charge is 0.0656 e. The summed E-state index contributed by atoms with van der Waals surface area (Å²) < 4.78 is 14.1. The van der Waals surface area contributed by atoms with Gasteiger partial charge in [0.2, 0.25) is 0 Å². The summed E-state index contributed by atoms with van der Waals surface area (Å²) in [7, 11) is 13.2. The number of hydrogen-bond donors (Lipinski definition) is 0. The first-order valence-corrected chi connectivity index (χ1v) is 16.6. The first-order valence-electron chi connectivity index (χ1n) is 16.6. The van der Waals surface area contributed by atoms with Crippen molar-refractivity contribution in [3.8, 4) is 0 Å². The second kappa shape index (κ2) is 9.35. The molecular formula is C42H36N6. The molecule has 6 heteroatoms. The van der Waals surface area contributed by atoms with Gasteiger partial charge in [-0.05, 0) is 105 Å². The SMILES string of the molecule is Cn1c2ccccc2n(C)c2cc3c(cc21)c1cc2c(cc1c1cc4c(cc31)n(C)c1ccccc1n4C)n(C)c1ccccc1n2C. The molecule has 3 aromatic heterocycles. The van der Waals surface area contributed by atoms with Crippen LogP contribution >= 0.6 is 0 Å². The van der Waals surface area contributed by atoms with Gasteiger partial charge in [-0.2, -0.15) is 0 Å². The third-order valence-corrected chi connectivity index (χ3v) is 11.2. The topological polar surface area (TPSA) is 29.6 Å². The first-order chi connectivity index (χ1) is 23.3. The maximum Gasteiger partial charge on any atom is 0.0656 e. The molecular weight excluding hydrogens is 589 g/mol. The highest BCUT2D eigenvalue weighted by Crippen LogP contribution is 2.42. The Morgan fingerprint density at radius 1 is 0.229 bits per heavy atom. The molecule has 10 aromatic rings. The van der Waals surface area contributed by atoms with Crippen molar-refractivity contribution in [1.29, 1.82) is 0 Å². The van der Waals surface area contributed by atoms with Gasteiger partial charge in [-0.25, -0.2) is 0 Å². The second-order valence-corrected chi connectivity index (χ2v) is 13.5. The average molecular weight is 625 g/mol. The van der Waals surface area contributed by atoms with Crippen molar-refractivity contribution in [1.82, 2.24) is 27.4 Å². The number of hydrogen-bond acceptors (Lipinski definition) is 0. The Morgan fingerprint density at radius 2 is 0.375 bits per heavy atom. The normalized spacial score (nSPS) is 12.4. The number of nitrogens with zero attached hydrogens (tertiary/aromatic N) is 6. The van der Waals surface area contributed by atoms with Crippen LogP contribution in [-0.2, 0) is 42.3 Å². The van der Waals surface area contributed by atoms with Gasteiger partial charge < -0.3 is 27.4 Å². The highest BCUT2D eigenvalue weighted by atomic mass is 15.0. The van der Waals surface area contributed by atoms with E-state index >= 15 is 0 Å². The number of para-hydroxylation sites is 6. The van der Waals surface area contributed by atoms with Gasteiger partial charge in [0.1, 0.15) is 0 Å². The average Bonchev–Trinajstić information content (AvgIpc) is 3.13. The number of rotatable bonds is 0. The summed E-state index contributed by atoms with van der Waals surface area (Å²) in [5.41, 5.74) is 14.5. The molecule has 0 fully saturated rings. The van der Waals surface area contributed by atoms with E-state index in [-0.39, 0.29) is 0 Å². The van der Waals surface area contributed by atoms with Crippen molar-refractivity contribution in [2.24, 2.45) is 42.3 Å². The first kappa shape index (κ1) is 27.3. The number of aryl methyl sites for hydroxylation is 6. The van der Waals surface area contributed by atoms with Crippen LogP contribution in [0.25, 0.3) is 98.5 Å². The largest absolute Gasteiger partial charge is 0.341 e. The summed E-state index contributed by atoms with van der Waals surface area (Å²) in [5.74, 6) is 0. The number of aromatic nitrogens is 6. The fraction of sp³-hybridized carbons (Fsp3) is 0.143. The van der Waals surface area contributed by atoms with Crippen LogP contribution < -0.4 is 0 Å². The highest BCUT2D eigenvalue weighted by molar-refractivity contribution is 6.30. The molecule has 0 unspecified atom stereocenters. The van der Waals surface area contributed by atoms with Crippen LogP contribution in [0.3, 0.4) is 0 Å². The molecule has 0 amide bonds. The van der Waals surface area contributed by atoms with E-state index in [0.29, 0.717) is 0 Å². The molecule has 0 saturated carbocycles. The standard InChI is InChI=1S/C42H36N6/c1-43-31-13-7-8-14-32(31)44(2)38-20-26-25(19-37(38)43)27-21-39-41(47(5)34-16-10-9-15-33(34)45(39)3)23-29(27)30-24-42-40(22-28(26)30)46(4)35-17-11-12-18-36(35)48(42)6/h7-24H,1-6H3. The lowest BCUT2D eigenvalue weighted by Crippen LogP contribution is -2.06. The van der Waals surface area contributed by atoms with Crippen LogP contribution in [0.2, 0.25) is 0 Å². The zero-order valence-corrected chi connectivity index (χ0v) is 28.1. The summed E-state index contributed by atoms with van der Waals surface area (Å²) in [5, 5.41) is 7.59. The Balaban J connectivity index is 1.50. The third-order valence-electron chi connectivity index (χ3n) is 11.2. The fourth-order valence-corrected chi connectivity index (χ4v) is 8.55. The zero-order chi connectivity index (χ0) is 32.6. The van der Waals surface area contributed by atoms with Crippen LogP contribution in [-0.4, -0.2) is 27.4 Å². The zero-order valence-electron chi connectivity index (χ0n) is 28.1. The molecule has 48 heavy (non-hydrogen) atoms. The molecule has 234 valence electrons. The van der Waals surface area contributed by atoms with Crippen LogP contribution in [0.1, 0.15) is 0 Å². The van der Waals surface area contributed by atoms with Crippen molar-refractivity contribution < 1.29 is 0 Å². The molecule has 0 spiro atoms. The summed E-state index contributed by atoms with van der Waals surface area (Å²) in [4.78, 5) is 0. The van der Waals surface area contributed by atoms with Crippen molar-refractivity contribution >= 4 is 98.5 Å². The van der Waals surface area contributed by atoms with Gasteiger partial charge in [-0.3, -0.25) is 0 Å². The summed E-state index contributed by atoms with van der Waals surface area (Å²) in [6.07, 6.45) is 0. The maximum absolute atomic E-state index is 2.43. The molecule has 7 aromatic carbocycles. The van der Waals surface area contributed by atoms with Gasteiger partial charge in [-0.1, -0.05) is 36.4 Å². The van der Waals surface area contributed by atoms with Gasteiger partial charge >= 0.3 is 0 Å². The van der Waals surface area contributed by atoms with E-state index in [1.54, 1.807) is 0 Å². The van der Waals surface area contributed by atoms with Crippen LogP contribution in [0, 0.1) is 0 Å². The molecule has 0 radical (unpaired) electrons. The third kappa shape index (κ3) is 3.36. The molecule has 3 heterocycles. The predicted octanol–water partition coefficient (Wildman–Crippen LogP) is 9.78. The summed E-state index contributed by atoms with van der Waals surface area (Å²) in [6.45, 7) is 0. The van der Waals surface area contributed by atoms with Crippen molar-refractivity contribution in [2.75, 3.05) is 0 Å². The minimum Gasteiger partial charge on any atom is -0.341 e. The Kier molecular flexibility index (Phi) is 5.31. The van der Waals surface area contributed by atoms with E-state index in [2.05, 4.69) is 179 Å². The van der Waals surface area contributed by atoms with E-state index in [1.165, 1.54) is 98.5 Å². The Hall–Kier alpha value is -5.88. The van der Waals surface area contributed by atoms with Gasteiger partial charge in [0.25, 0.3) is 0 Å². The Bertz CT molecular complexity index is 2550. The van der Waals surface area contributed by atoms with Crippen LogP contribution in [0.5, 0.6) is 0 Å². The molecule has 0 saturated heterocycles. The molecule has 0 aliphatic carbocycles. The van der Waals surface area contributed by atoms with Crippen molar-refractivity contribution in [2.45, 2.75) is 0 Å². The lowest BCUT2D eigenvalue weighted by molar-refractivity contribution is 0.936. The molecule has 0 N–H and O–H groups in total. The molecule has 0 atom stereocenters. The van der Waals surface area contributed by atoms with Gasteiger partial charge in [0.15, 0.2) is 0 Å². The van der Waals surface area contributed by atoms with E-state index < -0.39 is 0 Å². The summed E-state index contributed by atoms with van der Waals surface area (Å²) in [6, 6.07) is 40.6. The maximum atomic E-state index is 2.43.